The maximum absolute atomic E-state index is 12.5. The molecule has 0 aliphatic carbocycles. The summed E-state index contributed by atoms with van der Waals surface area (Å²) in [5, 5.41) is 12.0. The van der Waals surface area contributed by atoms with Crippen molar-refractivity contribution in [1.29, 1.82) is 0 Å². The van der Waals surface area contributed by atoms with Crippen molar-refractivity contribution < 1.29 is 4.79 Å². The first-order chi connectivity index (χ1) is 14.5. The van der Waals surface area contributed by atoms with E-state index in [0.29, 0.717) is 11.8 Å². The molecule has 0 unspecified atom stereocenters. The lowest BCUT2D eigenvalue weighted by molar-refractivity contribution is -0.121. The van der Waals surface area contributed by atoms with E-state index < -0.39 is 0 Å². The minimum atomic E-state index is -0.335. The summed E-state index contributed by atoms with van der Waals surface area (Å²) in [6, 6.07) is 9.66. The Morgan fingerprint density at radius 1 is 1.17 bits per heavy atom. The fourth-order valence-corrected chi connectivity index (χ4v) is 4.08. The molecule has 5 rings (SSSR count). The molecular weight excluding hydrogens is 378 g/mol. The lowest BCUT2D eigenvalue weighted by Gasteiger charge is -2.16. The lowest BCUT2D eigenvalue weighted by Crippen LogP contribution is -2.38. The van der Waals surface area contributed by atoms with Crippen LogP contribution in [0.3, 0.4) is 0 Å². The standard InChI is InChI=1S/C22H25N7O/c1-13-12-16(14(2)28(13)3)19-26-20-15-8-4-5-9-17(15)24-22(29(20)27-19)25-18-10-6-7-11-23-21(18)30/h4-5,8-9,12,18H,6-7,10-11H2,1-3H3,(H,23,30)(H,24,25)/t18-/m1/s1. The van der Waals surface area contributed by atoms with E-state index in [1.165, 1.54) is 0 Å². The highest BCUT2D eigenvalue weighted by Gasteiger charge is 2.24. The van der Waals surface area contributed by atoms with Gasteiger partial charge in [0, 0.05) is 35.9 Å². The second kappa shape index (κ2) is 7.12. The van der Waals surface area contributed by atoms with Gasteiger partial charge in [-0.25, -0.2) is 9.97 Å². The number of fused-ring (bicyclic) bond motifs is 3. The predicted octanol–water partition coefficient (Wildman–Crippen LogP) is 2.98. The van der Waals surface area contributed by atoms with E-state index in [9.17, 15) is 4.79 Å². The van der Waals surface area contributed by atoms with Crippen molar-refractivity contribution in [2.75, 3.05) is 11.9 Å². The number of nitrogens with one attached hydrogen (secondary N) is 2. The van der Waals surface area contributed by atoms with Gasteiger partial charge >= 0.3 is 0 Å². The van der Waals surface area contributed by atoms with E-state index in [4.69, 9.17) is 15.1 Å². The molecule has 30 heavy (non-hydrogen) atoms. The Morgan fingerprint density at radius 2 is 2.00 bits per heavy atom. The van der Waals surface area contributed by atoms with Gasteiger partial charge in [-0.15, -0.1) is 5.10 Å². The van der Waals surface area contributed by atoms with Crippen LogP contribution in [0.15, 0.2) is 30.3 Å². The third-order valence-electron chi connectivity index (χ3n) is 6.03. The van der Waals surface area contributed by atoms with Crippen molar-refractivity contribution in [2.45, 2.75) is 39.2 Å². The monoisotopic (exact) mass is 403 g/mol. The maximum Gasteiger partial charge on any atom is 0.242 e. The highest BCUT2D eigenvalue weighted by molar-refractivity contribution is 5.93. The molecule has 0 saturated carbocycles. The van der Waals surface area contributed by atoms with Gasteiger partial charge in [0.15, 0.2) is 11.5 Å². The zero-order valence-electron chi connectivity index (χ0n) is 17.4. The lowest BCUT2D eigenvalue weighted by atomic mass is 10.1. The molecule has 4 aromatic rings. The van der Waals surface area contributed by atoms with Crippen molar-refractivity contribution in [2.24, 2.45) is 7.05 Å². The number of amides is 1. The molecule has 4 heterocycles. The molecule has 0 spiro atoms. The average molecular weight is 403 g/mol. The number of rotatable bonds is 3. The molecule has 154 valence electrons. The van der Waals surface area contributed by atoms with Gasteiger partial charge in [0.25, 0.3) is 0 Å². The summed E-state index contributed by atoms with van der Waals surface area (Å²) in [5.74, 6) is 1.20. The van der Waals surface area contributed by atoms with E-state index in [1.54, 1.807) is 4.52 Å². The summed E-state index contributed by atoms with van der Waals surface area (Å²) in [7, 11) is 2.04. The van der Waals surface area contributed by atoms with Crippen LogP contribution < -0.4 is 10.6 Å². The van der Waals surface area contributed by atoms with Gasteiger partial charge in [-0.3, -0.25) is 4.79 Å². The molecule has 1 fully saturated rings. The van der Waals surface area contributed by atoms with Gasteiger partial charge < -0.3 is 15.2 Å². The third-order valence-corrected chi connectivity index (χ3v) is 6.03. The first kappa shape index (κ1) is 18.6. The Kier molecular flexibility index (Phi) is 4.42. The number of anilines is 1. The Labute approximate surface area is 174 Å². The van der Waals surface area contributed by atoms with E-state index in [0.717, 1.165) is 59.3 Å². The van der Waals surface area contributed by atoms with Gasteiger partial charge in [0.1, 0.15) is 6.04 Å². The molecule has 0 bridgehead atoms. The summed E-state index contributed by atoms with van der Waals surface area (Å²) in [5.41, 5.74) is 4.81. The first-order valence-electron chi connectivity index (χ1n) is 10.4. The van der Waals surface area contributed by atoms with Crippen LogP contribution in [0.2, 0.25) is 0 Å². The molecule has 2 N–H and O–H groups in total. The number of aromatic nitrogens is 5. The minimum Gasteiger partial charge on any atom is -0.354 e. The molecule has 8 heteroatoms. The van der Waals surface area contributed by atoms with Crippen LogP contribution in [-0.4, -0.2) is 42.6 Å². The van der Waals surface area contributed by atoms with Crippen LogP contribution in [0.5, 0.6) is 0 Å². The van der Waals surface area contributed by atoms with Crippen LogP contribution in [0.1, 0.15) is 30.7 Å². The fraction of sp³-hybridized carbons (Fsp3) is 0.364. The largest absolute Gasteiger partial charge is 0.354 e. The molecule has 1 atom stereocenters. The molecule has 8 nitrogen and oxygen atoms in total. The maximum atomic E-state index is 12.5. The summed E-state index contributed by atoms with van der Waals surface area (Å²) in [6.45, 7) is 4.86. The van der Waals surface area contributed by atoms with E-state index in [1.807, 2.05) is 31.3 Å². The SMILES string of the molecule is Cc1cc(-c2nc3c4ccccc4nc(N[C@@H]4CCCCNC4=O)n3n2)c(C)n1C. The summed E-state index contributed by atoms with van der Waals surface area (Å²) in [6.07, 6.45) is 2.74. The van der Waals surface area contributed by atoms with Crippen LogP contribution in [0.25, 0.3) is 27.9 Å². The van der Waals surface area contributed by atoms with E-state index in [2.05, 4.69) is 35.1 Å². The normalized spacial score (nSPS) is 17.3. The number of carbonyl (C=O) groups is 1. The molecule has 1 saturated heterocycles. The molecule has 1 aromatic carbocycles. The smallest absolute Gasteiger partial charge is 0.242 e. The van der Waals surface area contributed by atoms with Gasteiger partial charge in [0.2, 0.25) is 11.9 Å². The Bertz CT molecular complexity index is 1270. The summed E-state index contributed by atoms with van der Waals surface area (Å²) in [4.78, 5) is 22.1. The molecular formula is C22H25N7O. The fourth-order valence-electron chi connectivity index (χ4n) is 4.08. The van der Waals surface area contributed by atoms with Gasteiger partial charge in [-0.1, -0.05) is 12.1 Å². The molecule has 1 aliphatic heterocycles. The molecule has 1 amide bonds. The summed E-state index contributed by atoms with van der Waals surface area (Å²) >= 11 is 0. The first-order valence-corrected chi connectivity index (χ1v) is 10.4. The second-order valence-corrected chi connectivity index (χ2v) is 7.95. The van der Waals surface area contributed by atoms with Crippen molar-refractivity contribution in [3.8, 4) is 11.4 Å². The predicted molar refractivity (Wildman–Crippen MR) is 116 cm³/mol. The Balaban J connectivity index is 1.68. The number of nitrogens with zero attached hydrogens (tertiary/aromatic N) is 5. The Morgan fingerprint density at radius 3 is 2.80 bits per heavy atom. The van der Waals surface area contributed by atoms with Crippen LogP contribution in [-0.2, 0) is 11.8 Å². The van der Waals surface area contributed by atoms with Crippen LogP contribution in [0, 0.1) is 13.8 Å². The Hall–Kier alpha value is -3.42. The quantitative estimate of drug-likeness (QED) is 0.549. The zero-order valence-corrected chi connectivity index (χ0v) is 17.4. The average Bonchev–Trinajstić information content (AvgIpc) is 3.22. The highest BCUT2D eigenvalue weighted by atomic mass is 16.2. The minimum absolute atomic E-state index is 0.00507. The van der Waals surface area contributed by atoms with Crippen LogP contribution in [0.4, 0.5) is 5.95 Å². The van der Waals surface area contributed by atoms with E-state index in [-0.39, 0.29) is 11.9 Å². The van der Waals surface area contributed by atoms with Crippen molar-refractivity contribution in [3.63, 3.8) is 0 Å². The third kappa shape index (κ3) is 2.99. The van der Waals surface area contributed by atoms with Crippen molar-refractivity contribution in [3.05, 3.63) is 41.7 Å². The van der Waals surface area contributed by atoms with Crippen molar-refractivity contribution >= 4 is 28.4 Å². The zero-order chi connectivity index (χ0) is 20.8. The number of carbonyl (C=O) groups excluding carboxylic acids is 1. The number of hydrogen-bond donors (Lipinski definition) is 2. The van der Waals surface area contributed by atoms with Crippen LogP contribution >= 0.6 is 0 Å². The second-order valence-electron chi connectivity index (χ2n) is 7.95. The number of hydrogen-bond acceptors (Lipinski definition) is 5. The van der Waals surface area contributed by atoms with Gasteiger partial charge in [0.05, 0.1) is 5.52 Å². The van der Waals surface area contributed by atoms with Gasteiger partial charge in [-0.05, 0) is 51.3 Å². The highest BCUT2D eigenvalue weighted by Crippen LogP contribution is 2.28. The van der Waals surface area contributed by atoms with E-state index >= 15 is 0 Å². The number of aryl methyl sites for hydroxylation is 1. The molecule has 1 aliphatic rings. The molecule has 3 aromatic heterocycles. The van der Waals surface area contributed by atoms with Gasteiger partial charge in [-0.2, -0.15) is 4.52 Å². The molecule has 0 radical (unpaired) electrons. The number of benzene rings is 1. The number of para-hydroxylation sites is 1. The topological polar surface area (TPSA) is 89.1 Å². The summed E-state index contributed by atoms with van der Waals surface area (Å²) < 4.78 is 3.87. The van der Waals surface area contributed by atoms with Crippen molar-refractivity contribution in [1.82, 2.24) is 29.5 Å².